The molecule has 0 radical (unpaired) electrons. The Kier molecular flexibility index (Phi) is 2.43. The Bertz CT molecular complexity index is 212. The van der Waals surface area contributed by atoms with Gasteiger partial charge in [0.1, 0.15) is 0 Å². The maximum atomic E-state index is 5.88. The lowest BCUT2D eigenvalue weighted by Crippen LogP contribution is -2.39. The fraction of sp³-hybridized carbons (Fsp3) is 0.818. The molecule has 1 saturated heterocycles. The van der Waals surface area contributed by atoms with Crippen molar-refractivity contribution >= 4 is 0 Å². The standard InChI is InChI=1S/C11H19NO/c1-10(2)12-7-6-11(9-12)5-3-4-8-13-11/h3-4,10H,5-9H2,1-2H3. The summed E-state index contributed by atoms with van der Waals surface area (Å²) in [5.74, 6) is 0. The van der Waals surface area contributed by atoms with Gasteiger partial charge in [0.2, 0.25) is 0 Å². The minimum Gasteiger partial charge on any atom is -0.369 e. The second-order valence-electron chi connectivity index (χ2n) is 4.48. The van der Waals surface area contributed by atoms with Crippen LogP contribution >= 0.6 is 0 Å². The molecular weight excluding hydrogens is 162 g/mol. The van der Waals surface area contributed by atoms with Gasteiger partial charge in [-0.15, -0.1) is 0 Å². The van der Waals surface area contributed by atoms with E-state index in [1.54, 1.807) is 0 Å². The van der Waals surface area contributed by atoms with Crippen molar-refractivity contribution in [3.63, 3.8) is 0 Å². The van der Waals surface area contributed by atoms with Crippen LogP contribution in [0.2, 0.25) is 0 Å². The minimum atomic E-state index is 0.166. The monoisotopic (exact) mass is 181 g/mol. The fourth-order valence-corrected chi connectivity index (χ4v) is 2.25. The van der Waals surface area contributed by atoms with Crippen LogP contribution in [0.15, 0.2) is 12.2 Å². The largest absolute Gasteiger partial charge is 0.369 e. The smallest absolute Gasteiger partial charge is 0.0859 e. The highest BCUT2D eigenvalue weighted by Gasteiger charge is 2.39. The van der Waals surface area contributed by atoms with Gasteiger partial charge in [-0.3, -0.25) is 4.90 Å². The van der Waals surface area contributed by atoms with Gasteiger partial charge in [0.25, 0.3) is 0 Å². The molecular formula is C11H19NO. The predicted molar refractivity (Wildman–Crippen MR) is 53.8 cm³/mol. The zero-order valence-corrected chi connectivity index (χ0v) is 8.62. The third kappa shape index (κ3) is 1.79. The van der Waals surface area contributed by atoms with E-state index in [0.29, 0.717) is 6.04 Å². The van der Waals surface area contributed by atoms with E-state index in [-0.39, 0.29) is 5.60 Å². The summed E-state index contributed by atoms with van der Waals surface area (Å²) >= 11 is 0. The van der Waals surface area contributed by atoms with E-state index in [0.717, 1.165) is 19.6 Å². The lowest BCUT2D eigenvalue weighted by molar-refractivity contribution is -0.0293. The molecule has 2 aliphatic heterocycles. The molecule has 0 aromatic rings. The number of likely N-dealkylation sites (tertiary alicyclic amines) is 1. The van der Waals surface area contributed by atoms with Crippen LogP contribution in [-0.4, -0.2) is 36.2 Å². The Hall–Kier alpha value is -0.340. The van der Waals surface area contributed by atoms with Crippen molar-refractivity contribution in [3.05, 3.63) is 12.2 Å². The quantitative estimate of drug-likeness (QED) is 0.572. The van der Waals surface area contributed by atoms with E-state index in [2.05, 4.69) is 30.9 Å². The molecule has 0 aromatic heterocycles. The molecule has 1 spiro atoms. The highest BCUT2D eigenvalue weighted by atomic mass is 16.5. The summed E-state index contributed by atoms with van der Waals surface area (Å²) in [5.41, 5.74) is 0.166. The molecule has 0 amide bonds. The summed E-state index contributed by atoms with van der Waals surface area (Å²) in [5, 5.41) is 0. The van der Waals surface area contributed by atoms with Crippen LogP contribution < -0.4 is 0 Å². The maximum absolute atomic E-state index is 5.88. The van der Waals surface area contributed by atoms with Gasteiger partial charge >= 0.3 is 0 Å². The average molecular weight is 181 g/mol. The minimum absolute atomic E-state index is 0.166. The fourth-order valence-electron chi connectivity index (χ4n) is 2.25. The van der Waals surface area contributed by atoms with E-state index >= 15 is 0 Å². The lowest BCUT2D eigenvalue weighted by Gasteiger charge is -2.31. The zero-order valence-electron chi connectivity index (χ0n) is 8.62. The van der Waals surface area contributed by atoms with Crippen molar-refractivity contribution in [2.45, 2.75) is 38.3 Å². The number of nitrogens with zero attached hydrogens (tertiary/aromatic N) is 1. The Morgan fingerprint density at radius 1 is 1.38 bits per heavy atom. The number of rotatable bonds is 1. The van der Waals surface area contributed by atoms with Gasteiger partial charge in [0.15, 0.2) is 0 Å². The molecule has 2 aliphatic rings. The summed E-state index contributed by atoms with van der Waals surface area (Å²) in [6, 6.07) is 0.661. The molecule has 0 aliphatic carbocycles. The van der Waals surface area contributed by atoms with Gasteiger partial charge in [-0.2, -0.15) is 0 Å². The molecule has 1 atom stereocenters. The highest BCUT2D eigenvalue weighted by Crippen LogP contribution is 2.32. The van der Waals surface area contributed by atoms with Crippen LogP contribution in [0.5, 0.6) is 0 Å². The van der Waals surface area contributed by atoms with Crippen molar-refractivity contribution < 1.29 is 4.74 Å². The maximum Gasteiger partial charge on any atom is 0.0859 e. The summed E-state index contributed by atoms with van der Waals surface area (Å²) in [4.78, 5) is 2.51. The van der Waals surface area contributed by atoms with Crippen LogP contribution in [0.1, 0.15) is 26.7 Å². The molecule has 0 bridgehead atoms. The summed E-state index contributed by atoms with van der Waals surface area (Å²) in [7, 11) is 0. The van der Waals surface area contributed by atoms with E-state index in [4.69, 9.17) is 4.74 Å². The summed E-state index contributed by atoms with van der Waals surface area (Å²) < 4.78 is 5.88. The van der Waals surface area contributed by atoms with Gasteiger partial charge in [0, 0.05) is 19.1 Å². The van der Waals surface area contributed by atoms with Crippen molar-refractivity contribution in [1.82, 2.24) is 4.90 Å². The second-order valence-corrected chi connectivity index (χ2v) is 4.48. The van der Waals surface area contributed by atoms with Gasteiger partial charge in [-0.1, -0.05) is 12.2 Å². The second kappa shape index (κ2) is 3.43. The molecule has 2 heteroatoms. The predicted octanol–water partition coefficient (Wildman–Crippen LogP) is 1.82. The molecule has 2 nitrogen and oxygen atoms in total. The first kappa shape index (κ1) is 9.22. The molecule has 13 heavy (non-hydrogen) atoms. The van der Waals surface area contributed by atoms with Crippen LogP contribution in [0.3, 0.4) is 0 Å². The van der Waals surface area contributed by atoms with Gasteiger partial charge < -0.3 is 4.74 Å². The summed E-state index contributed by atoms with van der Waals surface area (Å²) in [6.07, 6.45) is 6.71. The van der Waals surface area contributed by atoms with E-state index < -0.39 is 0 Å². The Labute approximate surface area is 80.6 Å². The number of ether oxygens (including phenoxy) is 1. The Morgan fingerprint density at radius 3 is 2.77 bits per heavy atom. The highest BCUT2D eigenvalue weighted by molar-refractivity contribution is 5.03. The molecule has 0 saturated carbocycles. The van der Waals surface area contributed by atoms with Crippen LogP contribution in [0, 0.1) is 0 Å². The molecule has 2 rings (SSSR count). The van der Waals surface area contributed by atoms with Crippen LogP contribution in [0.4, 0.5) is 0 Å². The Balaban J connectivity index is 1.99. The Morgan fingerprint density at radius 2 is 2.23 bits per heavy atom. The van der Waals surface area contributed by atoms with Crippen molar-refractivity contribution in [3.8, 4) is 0 Å². The first-order valence-electron chi connectivity index (χ1n) is 5.25. The van der Waals surface area contributed by atoms with E-state index in [1.165, 1.54) is 13.0 Å². The average Bonchev–Trinajstić information content (AvgIpc) is 2.51. The van der Waals surface area contributed by atoms with E-state index in [9.17, 15) is 0 Å². The third-order valence-corrected chi connectivity index (χ3v) is 3.22. The van der Waals surface area contributed by atoms with Gasteiger partial charge in [-0.05, 0) is 26.7 Å². The zero-order chi connectivity index (χ0) is 9.31. The first-order chi connectivity index (χ1) is 6.22. The SMILES string of the molecule is CC(C)N1CCC2(CC=CCO2)C1. The first-order valence-corrected chi connectivity index (χ1v) is 5.25. The third-order valence-electron chi connectivity index (χ3n) is 3.22. The van der Waals surface area contributed by atoms with Gasteiger partial charge in [-0.25, -0.2) is 0 Å². The number of hydrogen-bond donors (Lipinski definition) is 0. The molecule has 2 heterocycles. The normalized spacial score (nSPS) is 35.0. The number of hydrogen-bond acceptors (Lipinski definition) is 2. The topological polar surface area (TPSA) is 12.5 Å². The molecule has 0 aromatic carbocycles. The molecule has 74 valence electrons. The molecule has 0 N–H and O–H groups in total. The van der Waals surface area contributed by atoms with E-state index in [1.807, 2.05) is 0 Å². The van der Waals surface area contributed by atoms with Crippen molar-refractivity contribution in [2.75, 3.05) is 19.7 Å². The van der Waals surface area contributed by atoms with Crippen LogP contribution in [0.25, 0.3) is 0 Å². The van der Waals surface area contributed by atoms with Crippen molar-refractivity contribution in [2.24, 2.45) is 0 Å². The molecule has 1 unspecified atom stereocenters. The van der Waals surface area contributed by atoms with Crippen LogP contribution in [-0.2, 0) is 4.74 Å². The molecule has 1 fully saturated rings. The lowest BCUT2D eigenvalue weighted by atomic mass is 9.96. The van der Waals surface area contributed by atoms with Gasteiger partial charge in [0.05, 0.1) is 12.2 Å². The van der Waals surface area contributed by atoms with Crippen molar-refractivity contribution in [1.29, 1.82) is 0 Å². The summed E-state index contributed by atoms with van der Waals surface area (Å²) in [6.45, 7) is 7.65.